The second kappa shape index (κ2) is 3.65. The van der Waals surface area contributed by atoms with Crippen molar-refractivity contribution in [3.63, 3.8) is 0 Å². The lowest BCUT2D eigenvalue weighted by Crippen LogP contribution is -2.18. The first-order chi connectivity index (χ1) is 7.43. The lowest BCUT2D eigenvalue weighted by Gasteiger charge is -2.10. The summed E-state index contributed by atoms with van der Waals surface area (Å²) >= 11 is 0. The van der Waals surface area contributed by atoms with Crippen molar-refractivity contribution in [2.45, 2.75) is 18.5 Å². The van der Waals surface area contributed by atoms with Crippen molar-refractivity contribution >= 4 is 0 Å². The number of hydrogen-bond donors (Lipinski definition) is 0. The predicted molar refractivity (Wildman–Crippen MR) is 57.2 cm³/mol. The highest BCUT2D eigenvalue weighted by atomic mass is 16.7. The zero-order chi connectivity index (χ0) is 10.1. The van der Waals surface area contributed by atoms with Crippen molar-refractivity contribution in [1.82, 2.24) is 0 Å². The maximum atomic E-state index is 5.79. The average Bonchev–Trinajstić information content (AvgIpc) is 2.74. The summed E-state index contributed by atoms with van der Waals surface area (Å²) in [6.07, 6.45) is 7.98. The molecular weight excluding hydrogens is 188 g/mol. The molecule has 0 radical (unpaired) electrons. The molecule has 0 saturated carbocycles. The predicted octanol–water partition coefficient (Wildman–Crippen LogP) is 2.60. The zero-order valence-electron chi connectivity index (χ0n) is 8.24. The zero-order valence-corrected chi connectivity index (χ0v) is 8.24. The first-order valence-electron chi connectivity index (χ1n) is 5.14. The summed E-state index contributed by atoms with van der Waals surface area (Å²) in [5.41, 5.74) is 1.08. The number of rotatable bonds is 1. The van der Waals surface area contributed by atoms with Gasteiger partial charge in [-0.25, -0.2) is 0 Å². The molecule has 76 valence electrons. The minimum Gasteiger partial charge on any atom is -0.338 e. The van der Waals surface area contributed by atoms with Crippen LogP contribution in [-0.4, -0.2) is 12.2 Å². The van der Waals surface area contributed by atoms with E-state index in [0.29, 0.717) is 0 Å². The van der Waals surface area contributed by atoms with Gasteiger partial charge >= 0.3 is 0 Å². The van der Waals surface area contributed by atoms with E-state index in [-0.39, 0.29) is 18.5 Å². The van der Waals surface area contributed by atoms with Gasteiger partial charge in [-0.1, -0.05) is 54.6 Å². The Hall–Kier alpha value is -1.38. The molecule has 1 aromatic carbocycles. The number of ether oxygens (including phenoxy) is 2. The maximum Gasteiger partial charge on any atom is 0.185 e. The Morgan fingerprint density at radius 1 is 0.800 bits per heavy atom. The molecule has 3 rings (SSSR count). The van der Waals surface area contributed by atoms with Gasteiger partial charge in [0, 0.05) is 5.56 Å². The van der Waals surface area contributed by atoms with Gasteiger partial charge in [0.1, 0.15) is 12.2 Å². The molecule has 2 unspecified atom stereocenters. The van der Waals surface area contributed by atoms with Crippen LogP contribution in [0.25, 0.3) is 0 Å². The average molecular weight is 200 g/mol. The van der Waals surface area contributed by atoms with Gasteiger partial charge in [-0.15, -0.1) is 0 Å². The first-order valence-corrected chi connectivity index (χ1v) is 5.14. The highest BCUT2D eigenvalue weighted by Gasteiger charge is 2.34. The monoisotopic (exact) mass is 200 g/mol. The molecule has 0 spiro atoms. The van der Waals surface area contributed by atoms with Crippen molar-refractivity contribution in [3.8, 4) is 0 Å². The SMILES string of the molecule is C1=CC2OC(c3ccccc3)OC2C=C1. The van der Waals surface area contributed by atoms with Gasteiger partial charge in [0.15, 0.2) is 6.29 Å². The van der Waals surface area contributed by atoms with Crippen LogP contribution in [0.1, 0.15) is 11.9 Å². The van der Waals surface area contributed by atoms with Gasteiger partial charge < -0.3 is 9.47 Å². The number of hydrogen-bond acceptors (Lipinski definition) is 2. The summed E-state index contributed by atoms with van der Waals surface area (Å²) in [5, 5.41) is 0. The van der Waals surface area contributed by atoms with E-state index < -0.39 is 0 Å². The maximum absolute atomic E-state index is 5.79. The molecule has 0 bridgehead atoms. The Morgan fingerprint density at radius 3 is 2.00 bits per heavy atom. The van der Waals surface area contributed by atoms with Crippen molar-refractivity contribution in [1.29, 1.82) is 0 Å². The van der Waals surface area contributed by atoms with Crippen molar-refractivity contribution in [3.05, 3.63) is 60.2 Å². The molecule has 2 aliphatic rings. The van der Waals surface area contributed by atoms with Crippen LogP contribution < -0.4 is 0 Å². The third kappa shape index (κ3) is 1.62. The first kappa shape index (κ1) is 8.89. The third-order valence-electron chi connectivity index (χ3n) is 2.67. The molecule has 0 N–H and O–H groups in total. The van der Waals surface area contributed by atoms with E-state index in [4.69, 9.17) is 9.47 Å². The highest BCUT2D eigenvalue weighted by Crippen LogP contribution is 2.33. The summed E-state index contributed by atoms with van der Waals surface area (Å²) in [4.78, 5) is 0. The topological polar surface area (TPSA) is 18.5 Å². The van der Waals surface area contributed by atoms with Gasteiger partial charge in [-0.05, 0) is 0 Å². The largest absolute Gasteiger partial charge is 0.338 e. The summed E-state index contributed by atoms with van der Waals surface area (Å²) in [7, 11) is 0. The molecule has 2 atom stereocenters. The smallest absolute Gasteiger partial charge is 0.185 e. The molecule has 1 aromatic rings. The van der Waals surface area contributed by atoms with Crippen molar-refractivity contribution in [2.75, 3.05) is 0 Å². The van der Waals surface area contributed by atoms with Gasteiger partial charge in [0.25, 0.3) is 0 Å². The van der Waals surface area contributed by atoms with Crippen molar-refractivity contribution < 1.29 is 9.47 Å². The molecule has 1 fully saturated rings. The molecule has 1 aliphatic heterocycles. The lowest BCUT2D eigenvalue weighted by atomic mass is 10.1. The fourth-order valence-corrected chi connectivity index (χ4v) is 1.90. The fraction of sp³-hybridized carbons (Fsp3) is 0.231. The lowest BCUT2D eigenvalue weighted by molar-refractivity contribution is -0.0596. The van der Waals surface area contributed by atoms with Crippen LogP contribution in [0.2, 0.25) is 0 Å². The molecule has 0 amide bonds. The molecule has 2 nitrogen and oxygen atoms in total. The minimum atomic E-state index is -0.228. The Kier molecular flexibility index (Phi) is 2.16. The Labute approximate surface area is 88.8 Å². The minimum absolute atomic E-state index is 0.0696. The van der Waals surface area contributed by atoms with E-state index in [1.807, 2.05) is 54.6 Å². The summed E-state index contributed by atoms with van der Waals surface area (Å²) in [6, 6.07) is 10.0. The van der Waals surface area contributed by atoms with Gasteiger partial charge in [-0.3, -0.25) is 0 Å². The van der Waals surface area contributed by atoms with Gasteiger partial charge in [-0.2, -0.15) is 0 Å². The normalized spacial score (nSPS) is 32.9. The molecule has 1 aliphatic carbocycles. The van der Waals surface area contributed by atoms with E-state index in [0.717, 1.165) is 5.56 Å². The number of fused-ring (bicyclic) bond motifs is 1. The van der Waals surface area contributed by atoms with E-state index >= 15 is 0 Å². The second-order valence-electron chi connectivity index (χ2n) is 3.71. The van der Waals surface area contributed by atoms with E-state index in [9.17, 15) is 0 Å². The van der Waals surface area contributed by atoms with Crippen LogP contribution in [0.3, 0.4) is 0 Å². The van der Waals surface area contributed by atoms with Crippen LogP contribution >= 0.6 is 0 Å². The van der Waals surface area contributed by atoms with Crippen LogP contribution in [0.4, 0.5) is 0 Å². The highest BCUT2D eigenvalue weighted by molar-refractivity contribution is 5.22. The fourth-order valence-electron chi connectivity index (χ4n) is 1.90. The van der Waals surface area contributed by atoms with Crippen LogP contribution in [0.15, 0.2) is 54.6 Å². The van der Waals surface area contributed by atoms with E-state index in [2.05, 4.69) is 0 Å². The number of allylic oxidation sites excluding steroid dienone is 2. The Morgan fingerprint density at radius 2 is 1.40 bits per heavy atom. The molecule has 1 heterocycles. The molecule has 1 saturated heterocycles. The van der Waals surface area contributed by atoms with Crippen LogP contribution in [-0.2, 0) is 9.47 Å². The standard InChI is InChI=1S/C13H12O2/c1-2-6-10(7-3-1)13-14-11-8-4-5-9-12(11)15-13/h1-9,11-13H. The number of benzene rings is 1. The van der Waals surface area contributed by atoms with Gasteiger partial charge in [0.2, 0.25) is 0 Å². The van der Waals surface area contributed by atoms with Crippen LogP contribution in [0.5, 0.6) is 0 Å². The molecular formula is C13H12O2. The summed E-state index contributed by atoms with van der Waals surface area (Å²) < 4.78 is 11.6. The van der Waals surface area contributed by atoms with Crippen LogP contribution in [0, 0.1) is 0 Å². The Balaban J connectivity index is 1.82. The van der Waals surface area contributed by atoms with E-state index in [1.165, 1.54) is 0 Å². The quantitative estimate of drug-likeness (QED) is 0.693. The van der Waals surface area contributed by atoms with Gasteiger partial charge in [0.05, 0.1) is 0 Å². The summed E-state index contributed by atoms with van der Waals surface area (Å²) in [6.45, 7) is 0. The Bertz CT molecular complexity index is 374. The van der Waals surface area contributed by atoms with Crippen molar-refractivity contribution in [2.24, 2.45) is 0 Å². The second-order valence-corrected chi connectivity index (χ2v) is 3.71. The third-order valence-corrected chi connectivity index (χ3v) is 2.67. The summed E-state index contributed by atoms with van der Waals surface area (Å²) in [5.74, 6) is 0. The molecule has 0 aromatic heterocycles. The molecule has 2 heteroatoms. The molecule has 15 heavy (non-hydrogen) atoms. The van der Waals surface area contributed by atoms with E-state index in [1.54, 1.807) is 0 Å².